The summed E-state index contributed by atoms with van der Waals surface area (Å²) in [5.74, 6) is 0.245. The van der Waals surface area contributed by atoms with Gasteiger partial charge in [-0.2, -0.15) is 0 Å². The number of benzene rings is 2. The van der Waals surface area contributed by atoms with Gasteiger partial charge in [0, 0.05) is 29.9 Å². The van der Waals surface area contributed by atoms with Gasteiger partial charge in [-0.05, 0) is 58.9 Å². The molecule has 8 nitrogen and oxygen atoms in total. The van der Waals surface area contributed by atoms with Crippen LogP contribution in [0.5, 0.6) is 0 Å². The Labute approximate surface area is 294 Å². The molecule has 4 aliphatic rings. The molecule has 3 fully saturated rings. The van der Waals surface area contributed by atoms with Crippen LogP contribution in [0.3, 0.4) is 0 Å². The summed E-state index contributed by atoms with van der Waals surface area (Å²) in [7, 11) is 0. The second kappa shape index (κ2) is 15.9. The summed E-state index contributed by atoms with van der Waals surface area (Å²) >= 11 is 1.59. The maximum absolute atomic E-state index is 14.6. The lowest BCUT2D eigenvalue weighted by molar-refractivity contribution is -0.146. The van der Waals surface area contributed by atoms with E-state index in [-0.39, 0.29) is 36.9 Å². The Hall–Kier alpha value is -3.69. The first-order valence-corrected chi connectivity index (χ1v) is 19.4. The summed E-state index contributed by atoms with van der Waals surface area (Å²) in [4.78, 5) is 46.6. The van der Waals surface area contributed by atoms with Crippen molar-refractivity contribution in [1.29, 1.82) is 0 Å². The van der Waals surface area contributed by atoms with Gasteiger partial charge in [0.15, 0.2) is 0 Å². The molecule has 3 aromatic rings. The number of carbonyl (C=O) groups is 3. The Morgan fingerprint density at radius 1 is 0.816 bits per heavy atom. The molecule has 3 aliphatic carbocycles. The van der Waals surface area contributed by atoms with Crippen LogP contribution in [0.4, 0.5) is 4.79 Å². The van der Waals surface area contributed by atoms with Crippen molar-refractivity contribution in [1.82, 2.24) is 20.4 Å². The quantitative estimate of drug-likeness (QED) is 0.239. The van der Waals surface area contributed by atoms with Gasteiger partial charge in [0.25, 0.3) is 0 Å². The minimum absolute atomic E-state index is 0.000363. The van der Waals surface area contributed by atoms with Crippen molar-refractivity contribution in [2.24, 2.45) is 5.92 Å². The van der Waals surface area contributed by atoms with Gasteiger partial charge >= 0.3 is 6.09 Å². The zero-order valence-electron chi connectivity index (χ0n) is 28.5. The van der Waals surface area contributed by atoms with E-state index in [9.17, 15) is 14.4 Å². The van der Waals surface area contributed by atoms with Gasteiger partial charge in [-0.15, -0.1) is 11.3 Å². The second-order valence-electron chi connectivity index (χ2n) is 14.4. The van der Waals surface area contributed by atoms with E-state index < -0.39 is 12.1 Å². The normalized spacial score (nSPS) is 20.8. The number of piperazine rings is 1. The van der Waals surface area contributed by atoms with E-state index >= 15 is 0 Å². The number of nitrogens with one attached hydrogen (secondary N) is 2. The standard InChI is InChI=1S/C40H50N4O4S/c45-38(41-25-30-16-11-23-49-30)37-26-43(40(47)48-27-35-33-19-9-7-17-31(33)32-18-8-10-20-34(32)35)21-22-44(37)39(46)36(24-28-12-3-1-4-13-28)42-29-14-5-2-6-15-29/h7-11,16-20,23,28-29,35-37,42H,1-6,12-15,21-22,24-27H2,(H,41,45)/t36-,37+/m1/s1. The zero-order valence-corrected chi connectivity index (χ0v) is 29.3. The Morgan fingerprint density at radius 3 is 2.16 bits per heavy atom. The van der Waals surface area contributed by atoms with Crippen LogP contribution in [-0.2, 0) is 20.9 Å². The molecule has 3 amide bonds. The van der Waals surface area contributed by atoms with Crippen LogP contribution >= 0.6 is 11.3 Å². The molecule has 0 bridgehead atoms. The monoisotopic (exact) mass is 682 g/mol. The van der Waals surface area contributed by atoms with Crippen molar-refractivity contribution in [2.45, 2.75) is 101 Å². The molecular weight excluding hydrogens is 633 g/mol. The molecule has 1 aromatic heterocycles. The summed E-state index contributed by atoms with van der Waals surface area (Å²) in [6.07, 6.45) is 12.2. The molecule has 7 rings (SSSR count). The molecule has 0 unspecified atom stereocenters. The van der Waals surface area contributed by atoms with Crippen LogP contribution in [0, 0.1) is 5.92 Å². The molecule has 9 heteroatoms. The molecule has 1 aliphatic heterocycles. The molecule has 260 valence electrons. The lowest BCUT2D eigenvalue weighted by Crippen LogP contribution is -2.64. The van der Waals surface area contributed by atoms with Crippen molar-refractivity contribution in [3.05, 3.63) is 82.0 Å². The van der Waals surface area contributed by atoms with Gasteiger partial charge < -0.3 is 25.2 Å². The van der Waals surface area contributed by atoms with Crippen LogP contribution in [0.2, 0.25) is 0 Å². The third-order valence-electron chi connectivity index (χ3n) is 11.2. The highest BCUT2D eigenvalue weighted by molar-refractivity contribution is 7.09. The second-order valence-corrected chi connectivity index (χ2v) is 15.4. The van der Waals surface area contributed by atoms with Gasteiger partial charge in [0.2, 0.25) is 11.8 Å². The Kier molecular flexibility index (Phi) is 11.0. The predicted octanol–water partition coefficient (Wildman–Crippen LogP) is 7.09. The van der Waals surface area contributed by atoms with E-state index in [0.717, 1.165) is 48.1 Å². The molecule has 0 spiro atoms. The van der Waals surface area contributed by atoms with Gasteiger partial charge in [-0.25, -0.2) is 4.79 Å². The topological polar surface area (TPSA) is 91.0 Å². The number of ether oxygens (including phenoxy) is 1. The molecule has 1 saturated heterocycles. The van der Waals surface area contributed by atoms with Crippen molar-refractivity contribution in [3.63, 3.8) is 0 Å². The molecule has 49 heavy (non-hydrogen) atoms. The van der Waals surface area contributed by atoms with Gasteiger partial charge in [0.05, 0.1) is 19.1 Å². The zero-order chi connectivity index (χ0) is 33.6. The Morgan fingerprint density at radius 2 is 1.49 bits per heavy atom. The lowest BCUT2D eigenvalue weighted by atomic mass is 9.83. The van der Waals surface area contributed by atoms with Gasteiger partial charge in [0.1, 0.15) is 12.6 Å². The average molecular weight is 683 g/mol. The minimum Gasteiger partial charge on any atom is -0.448 e. The van der Waals surface area contributed by atoms with Crippen LogP contribution < -0.4 is 10.6 Å². The SMILES string of the molecule is O=C(NCc1cccs1)[C@@H]1CN(C(=O)OCC2c3ccccc3-c3ccccc32)CCN1C(=O)[C@@H](CC1CCCCC1)NC1CCCCC1. The van der Waals surface area contributed by atoms with Gasteiger partial charge in [-0.3, -0.25) is 9.59 Å². The van der Waals surface area contributed by atoms with E-state index in [1.165, 1.54) is 49.7 Å². The Bertz CT molecular complexity index is 1520. The Balaban J connectivity index is 1.06. The van der Waals surface area contributed by atoms with Crippen molar-refractivity contribution < 1.29 is 19.1 Å². The van der Waals surface area contributed by atoms with Crippen molar-refractivity contribution in [2.75, 3.05) is 26.2 Å². The largest absolute Gasteiger partial charge is 0.448 e. The van der Waals surface area contributed by atoms with Crippen molar-refractivity contribution in [3.8, 4) is 11.1 Å². The number of thiophene rings is 1. The number of hydrogen-bond acceptors (Lipinski definition) is 6. The van der Waals surface area contributed by atoms with E-state index in [1.807, 2.05) is 41.8 Å². The van der Waals surface area contributed by atoms with E-state index in [0.29, 0.717) is 31.6 Å². The molecule has 2 saturated carbocycles. The first-order chi connectivity index (χ1) is 24.0. The number of nitrogens with zero attached hydrogens (tertiary/aromatic N) is 2. The lowest BCUT2D eigenvalue weighted by Gasteiger charge is -2.42. The van der Waals surface area contributed by atoms with E-state index in [4.69, 9.17) is 4.74 Å². The predicted molar refractivity (Wildman–Crippen MR) is 193 cm³/mol. The smallest absolute Gasteiger partial charge is 0.409 e. The first kappa shape index (κ1) is 33.8. The highest BCUT2D eigenvalue weighted by Gasteiger charge is 2.41. The fraction of sp³-hybridized carbons (Fsp3) is 0.525. The highest BCUT2D eigenvalue weighted by atomic mass is 32.1. The summed E-state index contributed by atoms with van der Waals surface area (Å²) in [6, 6.07) is 19.8. The van der Waals surface area contributed by atoms with Gasteiger partial charge in [-0.1, -0.05) is 106 Å². The van der Waals surface area contributed by atoms with Crippen LogP contribution in [-0.4, -0.2) is 72.1 Å². The maximum atomic E-state index is 14.6. The fourth-order valence-corrected chi connectivity index (χ4v) is 9.22. The van der Waals surface area contributed by atoms with Crippen molar-refractivity contribution >= 4 is 29.2 Å². The molecule has 0 radical (unpaired) electrons. The summed E-state index contributed by atoms with van der Waals surface area (Å²) in [5, 5.41) is 8.86. The minimum atomic E-state index is -0.788. The van der Waals surface area contributed by atoms with E-state index in [1.54, 1.807) is 21.1 Å². The first-order valence-electron chi connectivity index (χ1n) is 18.5. The fourth-order valence-electron chi connectivity index (χ4n) is 8.58. The third kappa shape index (κ3) is 7.88. The number of rotatable bonds is 10. The van der Waals surface area contributed by atoms with E-state index in [2.05, 4.69) is 34.9 Å². The third-order valence-corrected chi connectivity index (χ3v) is 12.1. The number of fused-ring (bicyclic) bond motifs is 3. The maximum Gasteiger partial charge on any atom is 0.409 e. The average Bonchev–Trinajstić information content (AvgIpc) is 3.79. The summed E-state index contributed by atoms with van der Waals surface area (Å²) in [6.45, 7) is 1.35. The number of amides is 3. The molecule has 2 aromatic carbocycles. The van der Waals surface area contributed by atoms with Crippen LogP contribution in [0.1, 0.15) is 92.6 Å². The molecule has 2 atom stereocenters. The molecular formula is C40H50N4O4S. The molecule has 2 N–H and O–H groups in total. The number of carbonyl (C=O) groups excluding carboxylic acids is 3. The summed E-state index contributed by atoms with van der Waals surface area (Å²) < 4.78 is 6.01. The summed E-state index contributed by atoms with van der Waals surface area (Å²) in [5.41, 5.74) is 4.68. The van der Waals surface area contributed by atoms with Crippen LogP contribution in [0.25, 0.3) is 11.1 Å². The van der Waals surface area contributed by atoms with Crippen LogP contribution in [0.15, 0.2) is 66.0 Å². The molecule has 2 heterocycles. The number of hydrogen-bond donors (Lipinski definition) is 2. The highest BCUT2D eigenvalue weighted by Crippen LogP contribution is 2.44.